The molecule has 0 saturated carbocycles. The summed E-state index contributed by atoms with van der Waals surface area (Å²) in [5, 5.41) is 11.2. The molecule has 0 aliphatic carbocycles. The Labute approximate surface area is 163 Å². The zero-order valence-corrected chi connectivity index (χ0v) is 16.1. The molecule has 1 amide bonds. The number of rotatable bonds is 4. The minimum absolute atomic E-state index is 0.143. The average molecular weight is 378 g/mol. The van der Waals surface area contributed by atoms with E-state index in [1.807, 2.05) is 50.2 Å². The summed E-state index contributed by atoms with van der Waals surface area (Å²) in [7, 11) is 1.64. The number of carbonyl (C=O) groups excluding carboxylic acids is 1. The highest BCUT2D eigenvalue weighted by Crippen LogP contribution is 2.28. The lowest BCUT2D eigenvalue weighted by molar-refractivity contribution is -0.00173. The molecule has 1 aliphatic rings. The summed E-state index contributed by atoms with van der Waals surface area (Å²) < 4.78 is 12.9. The number of carbonyl (C=O) groups is 1. The third-order valence-electron chi connectivity index (χ3n) is 4.78. The van der Waals surface area contributed by atoms with E-state index < -0.39 is 0 Å². The Hall–Kier alpha value is -3.19. The van der Waals surface area contributed by atoms with Gasteiger partial charge in [0.1, 0.15) is 11.9 Å². The summed E-state index contributed by atoms with van der Waals surface area (Å²) in [6, 6.07) is 13.7. The molecule has 2 aromatic carbocycles. The van der Waals surface area contributed by atoms with Crippen LogP contribution < -0.4 is 10.1 Å². The van der Waals surface area contributed by atoms with E-state index in [0.717, 1.165) is 28.1 Å². The van der Waals surface area contributed by atoms with Crippen LogP contribution in [-0.4, -0.2) is 28.0 Å². The van der Waals surface area contributed by atoms with Gasteiger partial charge in [0.2, 0.25) is 0 Å². The molecule has 0 saturated heterocycles. The molecule has 2 heterocycles. The maximum absolute atomic E-state index is 12.7. The molecule has 1 aliphatic heterocycles. The third-order valence-corrected chi connectivity index (χ3v) is 4.78. The molecule has 0 bridgehead atoms. The Morgan fingerprint density at radius 2 is 1.89 bits per heavy atom. The van der Waals surface area contributed by atoms with Crippen molar-refractivity contribution in [2.45, 2.75) is 33.1 Å². The van der Waals surface area contributed by atoms with Crippen molar-refractivity contribution >= 4 is 11.6 Å². The number of aromatic nitrogens is 3. The van der Waals surface area contributed by atoms with Gasteiger partial charge in [-0.05, 0) is 54.8 Å². The summed E-state index contributed by atoms with van der Waals surface area (Å²) in [6.45, 7) is 4.77. The Morgan fingerprint density at radius 3 is 2.57 bits per heavy atom. The molecule has 1 aromatic heterocycles. The molecule has 0 unspecified atom stereocenters. The number of ether oxygens (including phenoxy) is 2. The summed E-state index contributed by atoms with van der Waals surface area (Å²) in [4.78, 5) is 12.7. The average Bonchev–Trinajstić information content (AvgIpc) is 3.10. The number of hydrogen-bond donors (Lipinski definition) is 1. The van der Waals surface area contributed by atoms with E-state index in [1.165, 1.54) is 0 Å². The van der Waals surface area contributed by atoms with Gasteiger partial charge in [-0.2, -0.15) is 0 Å². The molecule has 7 heteroatoms. The van der Waals surface area contributed by atoms with Gasteiger partial charge in [0.15, 0.2) is 5.69 Å². The first kappa shape index (κ1) is 18.2. The fourth-order valence-corrected chi connectivity index (χ4v) is 3.45. The second-order valence-corrected chi connectivity index (χ2v) is 6.97. The van der Waals surface area contributed by atoms with E-state index in [0.29, 0.717) is 17.9 Å². The van der Waals surface area contributed by atoms with Crippen molar-refractivity contribution in [1.82, 2.24) is 15.0 Å². The largest absolute Gasteiger partial charge is 0.497 e. The maximum atomic E-state index is 12.7. The molecule has 144 valence electrons. The molecule has 4 rings (SSSR count). The van der Waals surface area contributed by atoms with Crippen LogP contribution in [-0.2, 0) is 17.9 Å². The Bertz CT molecular complexity index is 991. The summed E-state index contributed by atoms with van der Waals surface area (Å²) in [6.07, 6.45) is -0.143. The molecule has 1 N–H and O–H groups in total. The summed E-state index contributed by atoms with van der Waals surface area (Å²) in [5.41, 5.74) is 4.94. The molecule has 0 spiro atoms. The third kappa shape index (κ3) is 3.61. The van der Waals surface area contributed by atoms with Crippen molar-refractivity contribution < 1.29 is 14.3 Å². The highest BCUT2D eigenvalue weighted by Gasteiger charge is 2.27. The number of fused-ring (bicyclic) bond motifs is 1. The fourth-order valence-electron chi connectivity index (χ4n) is 3.45. The van der Waals surface area contributed by atoms with Gasteiger partial charge >= 0.3 is 0 Å². The van der Waals surface area contributed by atoms with Gasteiger partial charge in [0.05, 0.1) is 26.0 Å². The monoisotopic (exact) mass is 378 g/mol. The number of benzene rings is 2. The van der Waals surface area contributed by atoms with Crippen LogP contribution in [0.25, 0.3) is 0 Å². The molecule has 3 aromatic rings. The number of methoxy groups -OCH3 is 1. The van der Waals surface area contributed by atoms with E-state index in [4.69, 9.17) is 9.47 Å². The quantitative estimate of drug-likeness (QED) is 0.753. The lowest BCUT2D eigenvalue weighted by Crippen LogP contribution is -2.24. The van der Waals surface area contributed by atoms with Gasteiger partial charge in [0.25, 0.3) is 5.91 Å². The van der Waals surface area contributed by atoms with Crippen LogP contribution in [0.5, 0.6) is 5.75 Å². The first-order valence-electron chi connectivity index (χ1n) is 9.11. The second kappa shape index (κ2) is 7.44. The SMILES string of the molecule is COc1ccc([C@@H]2Cn3nnc(C(=O)Nc4cc(C)cc(C)c4)c3CO2)cc1. The van der Waals surface area contributed by atoms with E-state index in [-0.39, 0.29) is 18.6 Å². The Morgan fingerprint density at radius 1 is 1.18 bits per heavy atom. The van der Waals surface area contributed by atoms with Crippen molar-refractivity contribution in [3.8, 4) is 5.75 Å². The lowest BCUT2D eigenvalue weighted by atomic mass is 10.1. The minimum atomic E-state index is -0.280. The van der Waals surface area contributed by atoms with E-state index in [2.05, 4.69) is 21.7 Å². The minimum Gasteiger partial charge on any atom is -0.497 e. The van der Waals surface area contributed by atoms with Gasteiger partial charge < -0.3 is 14.8 Å². The smallest absolute Gasteiger partial charge is 0.278 e. The standard InChI is InChI=1S/C21H22N4O3/c1-13-8-14(2)10-16(9-13)22-21(26)20-18-12-28-19(11-25(18)24-23-20)15-4-6-17(27-3)7-5-15/h4-10,19H,11-12H2,1-3H3,(H,22,26)/t19-/m0/s1. The number of nitrogens with zero attached hydrogens (tertiary/aromatic N) is 3. The van der Waals surface area contributed by atoms with Crippen LogP contribution in [0.3, 0.4) is 0 Å². The van der Waals surface area contributed by atoms with Crippen molar-refractivity contribution in [2.24, 2.45) is 0 Å². The van der Waals surface area contributed by atoms with Gasteiger partial charge in [-0.1, -0.05) is 23.4 Å². The first-order chi connectivity index (χ1) is 13.5. The molecule has 1 atom stereocenters. The Balaban J connectivity index is 1.50. The number of hydrogen-bond acceptors (Lipinski definition) is 5. The molecular formula is C21H22N4O3. The van der Waals surface area contributed by atoms with Crippen LogP contribution in [0, 0.1) is 13.8 Å². The van der Waals surface area contributed by atoms with Gasteiger partial charge in [0, 0.05) is 5.69 Å². The number of anilines is 1. The van der Waals surface area contributed by atoms with E-state index >= 15 is 0 Å². The zero-order chi connectivity index (χ0) is 19.7. The summed E-state index contributed by atoms with van der Waals surface area (Å²) >= 11 is 0. The highest BCUT2D eigenvalue weighted by molar-refractivity contribution is 6.03. The lowest BCUT2D eigenvalue weighted by Gasteiger charge is -2.24. The van der Waals surface area contributed by atoms with Crippen LogP contribution >= 0.6 is 0 Å². The van der Waals surface area contributed by atoms with Crippen LogP contribution in [0.4, 0.5) is 5.69 Å². The summed E-state index contributed by atoms with van der Waals surface area (Å²) in [5.74, 6) is 0.518. The second-order valence-electron chi connectivity index (χ2n) is 6.97. The Kier molecular flexibility index (Phi) is 4.83. The fraction of sp³-hybridized carbons (Fsp3) is 0.286. The van der Waals surface area contributed by atoms with Crippen molar-refractivity contribution in [3.05, 3.63) is 70.5 Å². The maximum Gasteiger partial charge on any atom is 0.278 e. The molecule has 7 nitrogen and oxygen atoms in total. The topological polar surface area (TPSA) is 78.3 Å². The van der Waals surface area contributed by atoms with Crippen LogP contribution in [0.15, 0.2) is 42.5 Å². The van der Waals surface area contributed by atoms with E-state index in [9.17, 15) is 4.79 Å². The molecule has 0 radical (unpaired) electrons. The van der Waals surface area contributed by atoms with Crippen molar-refractivity contribution in [2.75, 3.05) is 12.4 Å². The predicted octanol–water partition coefficient (Wildman–Crippen LogP) is 3.43. The number of amides is 1. The predicted molar refractivity (Wildman–Crippen MR) is 104 cm³/mol. The number of nitrogens with one attached hydrogen (secondary N) is 1. The number of aryl methyl sites for hydroxylation is 2. The van der Waals surface area contributed by atoms with Crippen molar-refractivity contribution in [1.29, 1.82) is 0 Å². The molecular weight excluding hydrogens is 356 g/mol. The van der Waals surface area contributed by atoms with Crippen LogP contribution in [0.1, 0.15) is 39.0 Å². The molecule has 0 fully saturated rings. The molecule has 28 heavy (non-hydrogen) atoms. The van der Waals surface area contributed by atoms with E-state index in [1.54, 1.807) is 11.8 Å². The van der Waals surface area contributed by atoms with Crippen molar-refractivity contribution in [3.63, 3.8) is 0 Å². The normalized spacial score (nSPS) is 15.8. The zero-order valence-electron chi connectivity index (χ0n) is 16.1. The first-order valence-corrected chi connectivity index (χ1v) is 9.11. The van der Waals surface area contributed by atoms with Gasteiger partial charge in [-0.15, -0.1) is 5.10 Å². The van der Waals surface area contributed by atoms with Gasteiger partial charge in [-0.3, -0.25) is 4.79 Å². The van der Waals surface area contributed by atoms with Gasteiger partial charge in [-0.25, -0.2) is 4.68 Å². The highest BCUT2D eigenvalue weighted by atomic mass is 16.5. The van der Waals surface area contributed by atoms with Crippen LogP contribution in [0.2, 0.25) is 0 Å².